The van der Waals surface area contributed by atoms with E-state index in [0.29, 0.717) is 71.0 Å². The van der Waals surface area contributed by atoms with E-state index in [9.17, 15) is 77.0 Å². The maximum Gasteiger partial charge on any atom is 0.226 e. The smallest absolute Gasteiger partial charge is 0.226 e. The Hall–Kier alpha value is -6.51. The number of carbonyl (C=O) groups is 15. The van der Waals surface area contributed by atoms with Gasteiger partial charge in [0.25, 0.3) is 0 Å². The van der Waals surface area contributed by atoms with E-state index in [2.05, 4.69) is 38.8 Å². The van der Waals surface area contributed by atoms with E-state index in [4.69, 9.17) is 22.9 Å². The first-order chi connectivity index (χ1) is 49.1. The Bertz CT molecular complexity index is 2630. The molecule has 598 valence electrons. The quantitative estimate of drug-likeness (QED) is 0.0266. The largest absolute Gasteiger partial charge is 0.396 e. The van der Waals surface area contributed by atoms with Crippen LogP contribution in [0.3, 0.4) is 0 Å². The van der Waals surface area contributed by atoms with Crippen LogP contribution in [-0.2, 0) is 71.9 Å². The number of primary amides is 1. The molecule has 0 aromatic carbocycles. The molecule has 26 nitrogen and oxygen atoms in total. The lowest BCUT2D eigenvalue weighted by molar-refractivity contribution is -0.136. The molecule has 26 heteroatoms. The van der Waals surface area contributed by atoms with Crippen LogP contribution >= 0.6 is 0 Å². The minimum Gasteiger partial charge on any atom is -0.396 e. The van der Waals surface area contributed by atoms with Crippen molar-refractivity contribution in [3.8, 4) is 0 Å². The van der Waals surface area contributed by atoms with Crippen molar-refractivity contribution in [3.63, 3.8) is 0 Å². The lowest BCUT2D eigenvalue weighted by Gasteiger charge is -2.28. The predicted octanol–water partition coefficient (Wildman–Crippen LogP) is 7.32. The van der Waals surface area contributed by atoms with Crippen molar-refractivity contribution in [1.29, 1.82) is 0 Å². The highest BCUT2D eigenvalue weighted by Crippen LogP contribution is 2.24. The molecule has 7 amide bonds. The molecule has 0 bridgehead atoms. The third kappa shape index (κ3) is 45.1. The van der Waals surface area contributed by atoms with Crippen molar-refractivity contribution in [2.24, 2.45) is 76.2 Å². The van der Waals surface area contributed by atoms with Crippen molar-refractivity contribution in [3.05, 3.63) is 0 Å². The van der Waals surface area contributed by atoms with Gasteiger partial charge in [-0.05, 0) is 102 Å². The van der Waals surface area contributed by atoms with Crippen LogP contribution in [-0.4, -0.2) is 156 Å². The van der Waals surface area contributed by atoms with Gasteiger partial charge in [-0.1, -0.05) is 154 Å². The highest BCUT2D eigenvalue weighted by Gasteiger charge is 2.37. The average Bonchev–Trinajstić information content (AvgIpc) is 0.889. The molecule has 0 rings (SSSR count). The number of aliphatic hydroxyl groups excluding tert-OH is 1. The molecule has 0 aromatic heterocycles. The van der Waals surface area contributed by atoms with Crippen LogP contribution in [0.15, 0.2) is 0 Å². The fraction of sp³-hybridized carbons (Fsp3) is 0.808. The number of nitrogens with one attached hydrogen (secondary N) is 6. The molecule has 0 saturated carbocycles. The summed E-state index contributed by atoms with van der Waals surface area (Å²) in [5, 5.41) is 26.2. The summed E-state index contributed by atoms with van der Waals surface area (Å²) in [6.07, 6.45) is 16.4. The zero-order chi connectivity index (χ0) is 79.4. The Labute approximate surface area is 622 Å². The van der Waals surface area contributed by atoms with E-state index in [1.807, 2.05) is 27.7 Å². The van der Waals surface area contributed by atoms with Crippen LogP contribution in [0.1, 0.15) is 289 Å². The van der Waals surface area contributed by atoms with Crippen LogP contribution in [0.25, 0.3) is 0 Å². The van der Waals surface area contributed by atoms with Crippen LogP contribution in [0, 0.1) is 53.3 Å². The predicted molar refractivity (Wildman–Crippen MR) is 404 cm³/mol. The summed E-state index contributed by atoms with van der Waals surface area (Å²) in [7, 11) is 0. The number of carbonyl (C=O) groups excluding carboxylic acids is 15. The third-order valence-corrected chi connectivity index (χ3v) is 18.9. The van der Waals surface area contributed by atoms with E-state index < -0.39 is 126 Å². The number of hydrogen-bond acceptors (Lipinski definition) is 19. The molecule has 0 aliphatic heterocycles. The molecule has 15 N–H and O–H groups in total. The molecule has 0 aliphatic rings. The molecule has 0 radical (unpaired) electrons. The summed E-state index contributed by atoms with van der Waals surface area (Å²) in [5.41, 5.74) is 22.7. The molecule has 0 fully saturated rings. The molecule has 10 atom stereocenters. The molecule has 0 heterocycles. The SMILES string of the molecule is CCC(=O)CCC(=O)NCC(=O)C[C@@H](CO)C(=O)N[C@H](CCCCN)C(=O)C[C@@H](CCCCN)C(=O)N[C@H](CCCCN)C(=O)C[C@@H](C)C(=O)N[C@H](C)C(=O)CC.CCCCCCCCCCCCCC(=O)CC(CC(=O)[C@H](NC(=O)[C@@H](CC(=O)[C@H](NC(=O)C(C)C)C(C)C)C(C)C)C(C)C)C(N)=O. The van der Waals surface area contributed by atoms with Crippen molar-refractivity contribution in [1.82, 2.24) is 31.9 Å². The fourth-order valence-corrected chi connectivity index (χ4v) is 11.8. The zero-order valence-electron chi connectivity index (χ0n) is 65.9. The van der Waals surface area contributed by atoms with Gasteiger partial charge in [-0.25, -0.2) is 0 Å². The standard InChI is InChI=1S/C40H71N7O10.C38H69N3O6/c1-5-30(49)16-17-37(54)44-24-31(50)22-29(25-48)40(57)47-33(15-9-12-20-43)36(53)23-28(13-7-10-18-41)39(56)46-32(14-8-11-19-42)35(52)21-26(3)38(55)45-27(4)34(51)6-2;1-10-11-12-13-14-15-16-17-18-19-20-21-30(42)22-29(36(39)45)23-32(43)34(26(4)5)41-38(47)31(25(2)3)24-33(44)35(27(6)7)40-37(46)28(8)9/h26-29,32-33,48H,5-25,41-43H2,1-4H3,(H,44,54)(H,45,55)(H,46,56)(H,47,57);25-29,31,34-35H,10-24H2,1-9H3,(H2,39,45)(H,40,46)(H,41,47)/t26-,27-,28-,29+,32-,33-;29?,31-,34+,35+/m10/s1. The summed E-state index contributed by atoms with van der Waals surface area (Å²) in [5.74, 6) is -11.4. The monoisotopic (exact) mass is 1470 g/mol. The average molecular weight is 1470 g/mol. The van der Waals surface area contributed by atoms with Gasteiger partial charge in [0.2, 0.25) is 41.4 Å². The highest BCUT2D eigenvalue weighted by atomic mass is 16.3. The summed E-state index contributed by atoms with van der Waals surface area (Å²) in [4.78, 5) is 193. The van der Waals surface area contributed by atoms with Gasteiger partial charge in [-0.3, -0.25) is 71.9 Å². The fourth-order valence-electron chi connectivity index (χ4n) is 11.8. The van der Waals surface area contributed by atoms with Crippen molar-refractivity contribution in [2.75, 3.05) is 32.8 Å². The maximum absolute atomic E-state index is 13.9. The summed E-state index contributed by atoms with van der Waals surface area (Å²) in [6.45, 7) is 23.2. The normalized spacial score (nSPS) is 14.2. The summed E-state index contributed by atoms with van der Waals surface area (Å²) >= 11 is 0. The first-order valence-corrected chi connectivity index (χ1v) is 39.1. The van der Waals surface area contributed by atoms with Gasteiger partial charge in [-0.15, -0.1) is 0 Å². The highest BCUT2D eigenvalue weighted by molar-refractivity contribution is 5.99. The van der Waals surface area contributed by atoms with Crippen LogP contribution < -0.4 is 54.8 Å². The Balaban J connectivity index is 0. The van der Waals surface area contributed by atoms with E-state index in [0.717, 1.165) is 19.3 Å². The number of unbranched alkanes of at least 4 members (excludes halogenated alkanes) is 13. The zero-order valence-corrected chi connectivity index (χ0v) is 65.9. The molecule has 0 saturated heterocycles. The van der Waals surface area contributed by atoms with Crippen molar-refractivity contribution >= 4 is 87.6 Å². The van der Waals surface area contributed by atoms with Gasteiger partial charge < -0.3 is 59.9 Å². The van der Waals surface area contributed by atoms with Gasteiger partial charge in [0.1, 0.15) is 11.6 Å². The molecule has 104 heavy (non-hydrogen) atoms. The molecule has 1 unspecified atom stereocenters. The lowest BCUT2D eigenvalue weighted by atomic mass is 9.84. The van der Waals surface area contributed by atoms with Gasteiger partial charge in [0, 0.05) is 94.3 Å². The van der Waals surface area contributed by atoms with Crippen molar-refractivity contribution < 1.29 is 77.0 Å². The number of amides is 7. The van der Waals surface area contributed by atoms with Gasteiger partial charge in [0.15, 0.2) is 34.7 Å². The maximum atomic E-state index is 13.9. The van der Waals surface area contributed by atoms with E-state index in [1.165, 1.54) is 51.4 Å². The van der Waals surface area contributed by atoms with E-state index in [1.54, 1.807) is 55.4 Å². The minimum atomic E-state index is -1.22. The minimum absolute atomic E-state index is 0.0453. The Morgan fingerprint density at radius 1 is 0.365 bits per heavy atom. The summed E-state index contributed by atoms with van der Waals surface area (Å²) in [6, 6.07) is -4.36. The number of Topliss-reactive ketones (excluding diaryl/α,β-unsaturated/α-hetero) is 8. The number of nitrogens with two attached hydrogens (primary N) is 4. The molecule has 0 spiro atoms. The van der Waals surface area contributed by atoms with Gasteiger partial charge in [-0.2, -0.15) is 0 Å². The number of ketones is 8. The Kier molecular flexibility index (Phi) is 56.1. The number of rotatable bonds is 63. The third-order valence-electron chi connectivity index (χ3n) is 18.9. The van der Waals surface area contributed by atoms with E-state index >= 15 is 0 Å². The number of hydrogen-bond donors (Lipinski definition) is 11. The first kappa shape index (κ1) is 99.5. The van der Waals surface area contributed by atoms with Crippen LogP contribution in [0.5, 0.6) is 0 Å². The second-order valence-corrected chi connectivity index (χ2v) is 29.7. The van der Waals surface area contributed by atoms with Crippen LogP contribution in [0.4, 0.5) is 0 Å². The van der Waals surface area contributed by atoms with E-state index in [-0.39, 0.29) is 135 Å². The lowest BCUT2D eigenvalue weighted by Crippen LogP contribution is -2.50. The molecular formula is C78H140N10O16. The molecule has 0 aliphatic carbocycles. The molecular weight excluding hydrogens is 1330 g/mol. The number of aliphatic hydroxyl groups is 1. The Morgan fingerprint density at radius 3 is 1.27 bits per heavy atom. The first-order valence-electron chi connectivity index (χ1n) is 39.1. The van der Waals surface area contributed by atoms with Gasteiger partial charge >= 0.3 is 0 Å². The summed E-state index contributed by atoms with van der Waals surface area (Å²) < 4.78 is 0. The molecule has 0 aromatic rings. The second-order valence-electron chi connectivity index (χ2n) is 29.7. The second kappa shape index (κ2) is 58.6. The van der Waals surface area contributed by atoms with Crippen molar-refractivity contribution in [2.45, 2.75) is 319 Å². The van der Waals surface area contributed by atoms with Crippen LogP contribution in [0.2, 0.25) is 0 Å². The van der Waals surface area contributed by atoms with Gasteiger partial charge in [0.05, 0.1) is 55.2 Å². The Morgan fingerprint density at radius 2 is 0.817 bits per heavy atom. The topological polar surface area (TPSA) is 453 Å².